The van der Waals surface area contributed by atoms with E-state index in [9.17, 15) is 4.79 Å². The summed E-state index contributed by atoms with van der Waals surface area (Å²) in [5.74, 6) is 0.575. The quantitative estimate of drug-likeness (QED) is 0.717. The average molecular weight is 214 g/mol. The molecule has 1 aliphatic heterocycles. The Morgan fingerprint density at radius 1 is 1.47 bits per heavy atom. The van der Waals surface area contributed by atoms with Crippen molar-refractivity contribution in [2.45, 2.75) is 26.7 Å². The number of amides is 1. The molecule has 4 heteroatoms. The van der Waals surface area contributed by atoms with Crippen LogP contribution in [0, 0.1) is 11.3 Å². The number of nitrogens with one attached hydrogen (secondary N) is 1. The number of rotatable bonds is 4. The van der Waals surface area contributed by atoms with E-state index in [4.69, 9.17) is 10.5 Å². The van der Waals surface area contributed by atoms with Crippen molar-refractivity contribution in [2.24, 2.45) is 17.1 Å². The van der Waals surface area contributed by atoms with Crippen LogP contribution in [0.3, 0.4) is 0 Å². The Balaban J connectivity index is 2.52. The van der Waals surface area contributed by atoms with E-state index in [2.05, 4.69) is 19.2 Å². The zero-order valence-corrected chi connectivity index (χ0v) is 9.71. The number of hydrogen-bond acceptors (Lipinski definition) is 3. The number of ether oxygens (including phenoxy) is 1. The molecular weight excluding hydrogens is 192 g/mol. The fraction of sp³-hybridized carbons (Fsp3) is 0.909. The summed E-state index contributed by atoms with van der Waals surface area (Å²) in [5.41, 5.74) is 5.35. The van der Waals surface area contributed by atoms with Crippen molar-refractivity contribution < 1.29 is 9.53 Å². The van der Waals surface area contributed by atoms with E-state index in [-0.39, 0.29) is 11.3 Å². The van der Waals surface area contributed by atoms with Crippen molar-refractivity contribution in [1.82, 2.24) is 5.32 Å². The number of hydrogen-bond donors (Lipinski definition) is 2. The van der Waals surface area contributed by atoms with Gasteiger partial charge in [0, 0.05) is 26.3 Å². The fourth-order valence-electron chi connectivity index (χ4n) is 1.77. The summed E-state index contributed by atoms with van der Waals surface area (Å²) in [6, 6.07) is 0. The molecule has 88 valence electrons. The summed E-state index contributed by atoms with van der Waals surface area (Å²) in [6.07, 6.45) is 1.49. The van der Waals surface area contributed by atoms with Crippen LogP contribution in [0.4, 0.5) is 0 Å². The van der Waals surface area contributed by atoms with Crippen LogP contribution in [0.2, 0.25) is 0 Å². The van der Waals surface area contributed by atoms with Gasteiger partial charge < -0.3 is 15.8 Å². The van der Waals surface area contributed by atoms with Gasteiger partial charge in [-0.25, -0.2) is 0 Å². The van der Waals surface area contributed by atoms with Crippen molar-refractivity contribution in [3.8, 4) is 0 Å². The lowest BCUT2D eigenvalue weighted by Crippen LogP contribution is -2.49. The first-order valence-electron chi connectivity index (χ1n) is 5.67. The van der Waals surface area contributed by atoms with Crippen LogP contribution >= 0.6 is 0 Å². The monoisotopic (exact) mass is 214 g/mol. The Morgan fingerprint density at radius 2 is 2.07 bits per heavy atom. The zero-order valence-electron chi connectivity index (χ0n) is 9.71. The summed E-state index contributed by atoms with van der Waals surface area (Å²) in [6.45, 7) is 6.60. The molecule has 1 fully saturated rings. The molecule has 0 spiro atoms. The van der Waals surface area contributed by atoms with Gasteiger partial charge in [-0.1, -0.05) is 13.8 Å². The minimum Gasteiger partial charge on any atom is -0.381 e. The van der Waals surface area contributed by atoms with Gasteiger partial charge in [-0.2, -0.15) is 0 Å². The summed E-state index contributed by atoms with van der Waals surface area (Å²) >= 11 is 0. The van der Waals surface area contributed by atoms with E-state index in [1.807, 2.05) is 0 Å². The molecule has 1 heterocycles. The molecule has 0 unspecified atom stereocenters. The first-order chi connectivity index (χ1) is 7.10. The molecule has 15 heavy (non-hydrogen) atoms. The van der Waals surface area contributed by atoms with Crippen molar-refractivity contribution >= 4 is 5.91 Å². The SMILES string of the molecule is CC(C)CNC(=O)C1(CN)CCOCC1. The van der Waals surface area contributed by atoms with Crippen LogP contribution in [0.15, 0.2) is 0 Å². The lowest BCUT2D eigenvalue weighted by atomic mass is 9.79. The highest BCUT2D eigenvalue weighted by molar-refractivity contribution is 5.83. The Hall–Kier alpha value is -0.610. The van der Waals surface area contributed by atoms with Crippen molar-refractivity contribution in [3.05, 3.63) is 0 Å². The predicted octanol–water partition coefficient (Wildman–Crippen LogP) is 0.514. The molecule has 0 saturated carbocycles. The van der Waals surface area contributed by atoms with Gasteiger partial charge in [-0.05, 0) is 18.8 Å². The van der Waals surface area contributed by atoms with Crippen LogP contribution in [0.5, 0.6) is 0 Å². The topological polar surface area (TPSA) is 64.4 Å². The van der Waals surface area contributed by atoms with Gasteiger partial charge in [-0.15, -0.1) is 0 Å². The van der Waals surface area contributed by atoms with E-state index in [1.54, 1.807) is 0 Å². The highest BCUT2D eigenvalue weighted by Crippen LogP contribution is 2.29. The smallest absolute Gasteiger partial charge is 0.227 e. The van der Waals surface area contributed by atoms with Gasteiger partial charge in [0.2, 0.25) is 5.91 Å². The van der Waals surface area contributed by atoms with Crippen molar-refractivity contribution in [1.29, 1.82) is 0 Å². The first kappa shape index (κ1) is 12.5. The Bertz CT molecular complexity index is 211. The van der Waals surface area contributed by atoms with Crippen LogP contribution in [-0.2, 0) is 9.53 Å². The summed E-state index contributed by atoms with van der Waals surface area (Å²) in [4.78, 5) is 12.0. The molecule has 0 aliphatic carbocycles. The standard InChI is InChI=1S/C11H22N2O2/c1-9(2)7-13-10(14)11(8-12)3-5-15-6-4-11/h9H,3-8,12H2,1-2H3,(H,13,14). The largest absolute Gasteiger partial charge is 0.381 e. The van der Waals surface area contributed by atoms with Gasteiger partial charge >= 0.3 is 0 Å². The molecule has 0 bridgehead atoms. The maximum atomic E-state index is 12.0. The summed E-state index contributed by atoms with van der Waals surface area (Å²) in [5, 5.41) is 2.97. The molecule has 4 nitrogen and oxygen atoms in total. The van der Waals surface area contributed by atoms with Gasteiger partial charge in [0.05, 0.1) is 5.41 Å². The van der Waals surface area contributed by atoms with Crippen molar-refractivity contribution in [3.63, 3.8) is 0 Å². The highest BCUT2D eigenvalue weighted by atomic mass is 16.5. The van der Waals surface area contributed by atoms with Crippen LogP contribution < -0.4 is 11.1 Å². The van der Waals surface area contributed by atoms with Gasteiger partial charge in [-0.3, -0.25) is 4.79 Å². The third kappa shape index (κ3) is 3.18. The van der Waals surface area contributed by atoms with E-state index in [1.165, 1.54) is 0 Å². The molecule has 0 radical (unpaired) electrons. The number of carbonyl (C=O) groups is 1. The molecule has 1 aliphatic rings. The zero-order chi connectivity index (χ0) is 11.3. The molecule has 0 atom stereocenters. The Morgan fingerprint density at radius 3 is 2.53 bits per heavy atom. The maximum absolute atomic E-state index is 12.0. The van der Waals surface area contributed by atoms with Gasteiger partial charge in [0.1, 0.15) is 0 Å². The molecule has 1 rings (SSSR count). The van der Waals surface area contributed by atoms with Crippen molar-refractivity contribution in [2.75, 3.05) is 26.3 Å². The average Bonchev–Trinajstić information content (AvgIpc) is 2.26. The van der Waals surface area contributed by atoms with E-state index in [0.717, 1.165) is 19.4 Å². The molecule has 0 aromatic rings. The summed E-state index contributed by atoms with van der Waals surface area (Å²) < 4.78 is 5.27. The normalized spacial score (nSPS) is 20.3. The third-order valence-electron chi connectivity index (χ3n) is 2.99. The molecule has 1 saturated heterocycles. The minimum absolute atomic E-state index is 0.0991. The molecular formula is C11H22N2O2. The van der Waals surface area contributed by atoms with Crippen LogP contribution in [-0.4, -0.2) is 32.2 Å². The minimum atomic E-state index is -0.382. The lowest BCUT2D eigenvalue weighted by Gasteiger charge is -2.34. The van der Waals surface area contributed by atoms with E-state index < -0.39 is 0 Å². The third-order valence-corrected chi connectivity index (χ3v) is 2.99. The van der Waals surface area contributed by atoms with Crippen LogP contribution in [0.25, 0.3) is 0 Å². The summed E-state index contributed by atoms with van der Waals surface area (Å²) in [7, 11) is 0. The highest BCUT2D eigenvalue weighted by Gasteiger charge is 2.38. The fourth-order valence-corrected chi connectivity index (χ4v) is 1.77. The van der Waals surface area contributed by atoms with Gasteiger partial charge in [0.25, 0.3) is 0 Å². The molecule has 0 aromatic carbocycles. The van der Waals surface area contributed by atoms with Crippen LogP contribution in [0.1, 0.15) is 26.7 Å². The number of carbonyl (C=O) groups excluding carboxylic acids is 1. The van der Waals surface area contributed by atoms with Gasteiger partial charge in [0.15, 0.2) is 0 Å². The molecule has 1 amide bonds. The second kappa shape index (κ2) is 5.47. The molecule has 3 N–H and O–H groups in total. The lowest BCUT2D eigenvalue weighted by molar-refractivity contribution is -0.136. The van der Waals surface area contributed by atoms with E-state index in [0.29, 0.717) is 25.7 Å². The maximum Gasteiger partial charge on any atom is 0.227 e. The molecule has 0 aromatic heterocycles. The Kier molecular flexibility index (Phi) is 4.54. The first-order valence-corrected chi connectivity index (χ1v) is 5.67. The van der Waals surface area contributed by atoms with E-state index >= 15 is 0 Å². The predicted molar refractivity (Wildman–Crippen MR) is 59.4 cm³/mol. The second-order valence-electron chi connectivity index (χ2n) is 4.70. The second-order valence-corrected chi connectivity index (χ2v) is 4.70. The Labute approximate surface area is 91.5 Å². The number of nitrogens with two attached hydrogens (primary N) is 1.